The molecular formula is C26H38O4Si. The molecule has 0 radical (unpaired) electrons. The van der Waals surface area contributed by atoms with Crippen LogP contribution in [0.25, 0.3) is 0 Å². The van der Waals surface area contributed by atoms with Crippen molar-refractivity contribution in [3.05, 3.63) is 29.3 Å². The Labute approximate surface area is 188 Å². The Morgan fingerprint density at radius 1 is 1.03 bits per heavy atom. The summed E-state index contributed by atoms with van der Waals surface area (Å²) in [6.07, 6.45) is 5.24. The molecule has 31 heavy (non-hydrogen) atoms. The van der Waals surface area contributed by atoms with Crippen LogP contribution in [0.4, 0.5) is 0 Å². The van der Waals surface area contributed by atoms with Gasteiger partial charge >= 0.3 is 0 Å². The summed E-state index contributed by atoms with van der Waals surface area (Å²) in [5, 5.41) is 0.198. The smallest absolute Gasteiger partial charge is 0.250 e. The molecule has 6 atom stereocenters. The zero-order valence-electron chi connectivity index (χ0n) is 20.0. The van der Waals surface area contributed by atoms with Gasteiger partial charge in [-0.1, -0.05) is 33.8 Å². The number of epoxide rings is 1. The molecule has 2 aliphatic heterocycles. The van der Waals surface area contributed by atoms with Crippen molar-refractivity contribution in [2.24, 2.45) is 17.3 Å². The number of hydrogen-bond donors (Lipinski definition) is 0. The van der Waals surface area contributed by atoms with E-state index in [1.165, 1.54) is 30.4 Å². The lowest BCUT2D eigenvalue weighted by Gasteiger charge is -2.52. The number of rotatable bonds is 2. The van der Waals surface area contributed by atoms with E-state index >= 15 is 0 Å². The van der Waals surface area contributed by atoms with E-state index in [1.807, 2.05) is 0 Å². The number of benzene rings is 1. The van der Waals surface area contributed by atoms with Gasteiger partial charge in [0.15, 0.2) is 5.79 Å². The van der Waals surface area contributed by atoms with Crippen molar-refractivity contribution in [2.75, 3.05) is 13.2 Å². The zero-order chi connectivity index (χ0) is 21.8. The Morgan fingerprint density at radius 2 is 1.77 bits per heavy atom. The van der Waals surface area contributed by atoms with Gasteiger partial charge in [-0.2, -0.15) is 0 Å². The summed E-state index contributed by atoms with van der Waals surface area (Å²) in [6, 6.07) is 6.90. The highest BCUT2D eigenvalue weighted by atomic mass is 28.4. The molecule has 170 valence electrons. The van der Waals surface area contributed by atoms with E-state index < -0.39 is 8.32 Å². The molecule has 1 spiro atoms. The van der Waals surface area contributed by atoms with Crippen LogP contribution in [0, 0.1) is 17.3 Å². The summed E-state index contributed by atoms with van der Waals surface area (Å²) in [7, 11) is -1.85. The van der Waals surface area contributed by atoms with Gasteiger partial charge in [0.05, 0.1) is 19.3 Å². The summed E-state index contributed by atoms with van der Waals surface area (Å²) < 4.78 is 25.6. The maximum absolute atomic E-state index is 6.63. The molecule has 4 fully saturated rings. The second-order valence-electron chi connectivity index (χ2n) is 12.4. The molecule has 6 rings (SSSR count). The maximum atomic E-state index is 6.63. The molecule has 2 saturated carbocycles. The molecule has 5 aliphatic rings. The molecule has 2 heterocycles. The average molecular weight is 443 g/mol. The third kappa shape index (κ3) is 2.76. The van der Waals surface area contributed by atoms with Gasteiger partial charge in [-0.05, 0) is 78.4 Å². The first-order chi connectivity index (χ1) is 14.6. The highest BCUT2D eigenvalue weighted by Gasteiger charge is 2.69. The minimum absolute atomic E-state index is 0.115. The Hall–Kier alpha value is -0.883. The van der Waals surface area contributed by atoms with Crippen LogP contribution in [-0.4, -0.2) is 33.4 Å². The molecule has 0 N–H and O–H groups in total. The van der Waals surface area contributed by atoms with E-state index in [4.69, 9.17) is 18.6 Å². The Balaban J connectivity index is 1.31. The lowest BCUT2D eigenvalue weighted by atomic mass is 9.54. The van der Waals surface area contributed by atoms with Crippen LogP contribution in [0.2, 0.25) is 18.1 Å². The van der Waals surface area contributed by atoms with Gasteiger partial charge in [0.1, 0.15) is 11.9 Å². The second-order valence-corrected chi connectivity index (χ2v) is 17.1. The van der Waals surface area contributed by atoms with Crippen molar-refractivity contribution < 1.29 is 18.6 Å². The van der Waals surface area contributed by atoms with Crippen LogP contribution in [0.15, 0.2) is 18.2 Å². The Kier molecular flexibility index (Phi) is 4.25. The third-order valence-corrected chi connectivity index (χ3v) is 14.3. The quantitative estimate of drug-likeness (QED) is 0.405. The zero-order valence-corrected chi connectivity index (χ0v) is 21.0. The highest BCUT2D eigenvalue weighted by Crippen LogP contribution is 2.70. The van der Waals surface area contributed by atoms with Crippen LogP contribution >= 0.6 is 0 Å². The summed E-state index contributed by atoms with van der Waals surface area (Å²) in [4.78, 5) is 0. The van der Waals surface area contributed by atoms with Crippen molar-refractivity contribution in [1.82, 2.24) is 0 Å². The first-order valence-corrected chi connectivity index (χ1v) is 15.2. The van der Waals surface area contributed by atoms with E-state index in [-0.39, 0.29) is 22.3 Å². The van der Waals surface area contributed by atoms with Gasteiger partial charge < -0.3 is 18.6 Å². The molecule has 1 aromatic rings. The highest BCUT2D eigenvalue weighted by molar-refractivity contribution is 6.74. The molecule has 3 aliphatic carbocycles. The average Bonchev–Trinajstić information content (AvgIpc) is 3.26. The second kappa shape index (κ2) is 6.37. The number of ether oxygens (including phenoxy) is 3. The van der Waals surface area contributed by atoms with Gasteiger partial charge in [-0.25, -0.2) is 0 Å². The Bertz CT molecular complexity index is 899. The molecule has 3 unspecified atom stereocenters. The van der Waals surface area contributed by atoms with Gasteiger partial charge in [0, 0.05) is 11.8 Å². The van der Waals surface area contributed by atoms with E-state index in [9.17, 15) is 0 Å². The summed E-state index contributed by atoms with van der Waals surface area (Å²) in [6.45, 7) is 15.5. The monoisotopic (exact) mass is 442 g/mol. The van der Waals surface area contributed by atoms with Crippen LogP contribution < -0.4 is 4.43 Å². The van der Waals surface area contributed by atoms with Crippen molar-refractivity contribution in [1.29, 1.82) is 0 Å². The molecule has 0 amide bonds. The van der Waals surface area contributed by atoms with Gasteiger partial charge in [0.2, 0.25) is 8.32 Å². The first-order valence-electron chi connectivity index (χ1n) is 12.3. The lowest BCUT2D eigenvalue weighted by molar-refractivity contribution is -0.237. The first kappa shape index (κ1) is 20.7. The van der Waals surface area contributed by atoms with Crippen LogP contribution in [-0.2, 0) is 14.2 Å². The normalized spacial score (nSPS) is 40.1. The van der Waals surface area contributed by atoms with Crippen molar-refractivity contribution in [3.63, 3.8) is 0 Å². The molecular weight excluding hydrogens is 404 g/mol. The SMILES string of the molecule is CC(C)(C)[Si](C)(C)Oc1ccc2c(c1)[C@H]1O[C@H]1C1C2CC[C@@]2(C)C1CCC21OCCO1. The number of hydrogen-bond acceptors (Lipinski definition) is 4. The van der Waals surface area contributed by atoms with Crippen molar-refractivity contribution in [3.8, 4) is 5.75 Å². The third-order valence-electron chi connectivity index (χ3n) is 9.98. The predicted molar refractivity (Wildman–Crippen MR) is 123 cm³/mol. The molecule has 5 heteroatoms. The summed E-state index contributed by atoms with van der Waals surface area (Å²) >= 11 is 0. The fraction of sp³-hybridized carbons (Fsp3) is 0.769. The van der Waals surface area contributed by atoms with Crippen LogP contribution in [0.3, 0.4) is 0 Å². The van der Waals surface area contributed by atoms with Crippen molar-refractivity contribution >= 4 is 8.32 Å². The molecule has 0 aromatic heterocycles. The van der Waals surface area contributed by atoms with E-state index in [1.54, 1.807) is 0 Å². The standard InChI is InChI=1S/C26H38O4Si/c1-24(2,3)31(5,6)30-16-7-8-17-18-9-11-25(4)20(10-12-26(25)27-13-14-28-26)21(18)23-22(29-23)19(17)15-16/h7-8,15,18,20-23H,9-14H2,1-6H3/t18?,20?,21?,22-,23+,25+/m1/s1. The fourth-order valence-corrected chi connectivity index (χ4v) is 8.24. The van der Waals surface area contributed by atoms with E-state index in [0.29, 0.717) is 23.9 Å². The lowest BCUT2D eigenvalue weighted by Crippen LogP contribution is -2.52. The molecule has 0 bridgehead atoms. The fourth-order valence-electron chi connectivity index (χ4n) is 7.22. The van der Waals surface area contributed by atoms with Crippen molar-refractivity contribution in [2.45, 2.75) is 95.4 Å². The van der Waals surface area contributed by atoms with Crippen LogP contribution in [0.1, 0.15) is 76.5 Å². The van der Waals surface area contributed by atoms with E-state index in [0.717, 1.165) is 25.4 Å². The molecule has 1 aromatic carbocycles. The topological polar surface area (TPSA) is 40.2 Å². The molecule has 2 saturated heterocycles. The minimum atomic E-state index is -1.85. The summed E-state index contributed by atoms with van der Waals surface area (Å²) in [5.41, 5.74) is 3.03. The van der Waals surface area contributed by atoms with Gasteiger partial charge in [0.25, 0.3) is 0 Å². The van der Waals surface area contributed by atoms with E-state index in [2.05, 4.69) is 59.0 Å². The molecule has 4 nitrogen and oxygen atoms in total. The largest absolute Gasteiger partial charge is 0.543 e. The Morgan fingerprint density at radius 3 is 2.48 bits per heavy atom. The van der Waals surface area contributed by atoms with Gasteiger partial charge in [-0.3, -0.25) is 0 Å². The minimum Gasteiger partial charge on any atom is -0.543 e. The van der Waals surface area contributed by atoms with Gasteiger partial charge in [-0.15, -0.1) is 0 Å². The maximum Gasteiger partial charge on any atom is 0.250 e. The predicted octanol–water partition coefficient (Wildman–Crippen LogP) is 6.18. The summed E-state index contributed by atoms with van der Waals surface area (Å²) in [5.74, 6) is 2.50. The van der Waals surface area contributed by atoms with Crippen LogP contribution in [0.5, 0.6) is 5.75 Å². The number of fused-ring (bicyclic) bond motifs is 9.